The number of nitrogens with one attached hydrogen (secondary N) is 1. The third-order valence-corrected chi connectivity index (χ3v) is 4.37. The van der Waals surface area contributed by atoms with Crippen LogP contribution in [0.15, 0.2) is 54.6 Å². The molecule has 7 heteroatoms. The number of ether oxygens (including phenoxy) is 1. The normalized spacial score (nSPS) is 13.1. The van der Waals surface area contributed by atoms with Crippen LogP contribution in [-0.2, 0) is 32.1 Å². The number of carbonyl (C=O) groups excluding carboxylic acids is 4. The van der Waals surface area contributed by atoms with Crippen molar-refractivity contribution in [1.29, 1.82) is 0 Å². The van der Waals surface area contributed by atoms with Gasteiger partial charge in [0.15, 0.2) is 6.61 Å². The van der Waals surface area contributed by atoms with Crippen molar-refractivity contribution in [2.45, 2.75) is 19.4 Å². The molecule has 7 nitrogen and oxygen atoms in total. The van der Waals surface area contributed by atoms with E-state index in [9.17, 15) is 19.2 Å². The Labute approximate surface area is 162 Å². The van der Waals surface area contributed by atoms with Crippen molar-refractivity contribution in [1.82, 2.24) is 10.2 Å². The highest BCUT2D eigenvalue weighted by Crippen LogP contribution is 2.19. The second-order valence-corrected chi connectivity index (χ2v) is 6.36. The fourth-order valence-corrected chi connectivity index (χ4v) is 2.90. The van der Waals surface area contributed by atoms with Gasteiger partial charge in [-0.2, -0.15) is 0 Å². The smallest absolute Gasteiger partial charge is 0.308 e. The maximum absolute atomic E-state index is 12.4. The minimum Gasteiger partial charge on any atom is -0.456 e. The lowest BCUT2D eigenvalue weighted by Gasteiger charge is -2.26. The molecule has 1 aliphatic rings. The molecule has 3 amide bonds. The van der Waals surface area contributed by atoms with E-state index in [1.54, 1.807) is 24.3 Å². The summed E-state index contributed by atoms with van der Waals surface area (Å²) in [6.07, 6.45) is -0.0372. The summed E-state index contributed by atoms with van der Waals surface area (Å²) in [6.45, 7) is -0.139. The van der Waals surface area contributed by atoms with Crippen molar-refractivity contribution in [3.05, 3.63) is 71.3 Å². The average Bonchev–Trinajstić information content (AvgIpc) is 2.71. The van der Waals surface area contributed by atoms with Gasteiger partial charge in [0.2, 0.25) is 5.91 Å². The van der Waals surface area contributed by atoms with E-state index in [-0.39, 0.29) is 25.3 Å². The Kier molecular flexibility index (Phi) is 6.16. The van der Waals surface area contributed by atoms with E-state index in [0.717, 1.165) is 10.5 Å². The summed E-state index contributed by atoms with van der Waals surface area (Å²) in [5.74, 6) is -1.83. The molecular weight excluding hydrogens is 360 g/mol. The first kappa shape index (κ1) is 19.3. The molecule has 0 aliphatic carbocycles. The summed E-state index contributed by atoms with van der Waals surface area (Å²) >= 11 is 0. The average molecular weight is 380 g/mol. The van der Waals surface area contributed by atoms with Crippen LogP contribution in [-0.4, -0.2) is 41.7 Å². The molecule has 3 rings (SSSR count). The molecular formula is C21H20N2O5. The van der Waals surface area contributed by atoms with Crippen LogP contribution in [0.25, 0.3) is 0 Å². The van der Waals surface area contributed by atoms with Gasteiger partial charge in [-0.05, 0) is 17.2 Å². The van der Waals surface area contributed by atoms with E-state index in [4.69, 9.17) is 4.74 Å². The molecule has 0 radical (unpaired) electrons. The van der Waals surface area contributed by atoms with Gasteiger partial charge in [-0.3, -0.25) is 24.1 Å². The number of fused-ring (bicyclic) bond motifs is 1. The minimum absolute atomic E-state index is 0.0729. The lowest BCUT2D eigenvalue weighted by Crippen LogP contribution is -2.43. The van der Waals surface area contributed by atoms with E-state index in [1.165, 1.54) is 0 Å². The Hall–Kier alpha value is -3.48. The van der Waals surface area contributed by atoms with Gasteiger partial charge >= 0.3 is 5.97 Å². The van der Waals surface area contributed by atoms with Crippen LogP contribution in [0.3, 0.4) is 0 Å². The molecule has 0 spiro atoms. The lowest BCUT2D eigenvalue weighted by molar-refractivity contribution is -0.149. The van der Waals surface area contributed by atoms with Crippen molar-refractivity contribution in [3.63, 3.8) is 0 Å². The summed E-state index contributed by atoms with van der Waals surface area (Å²) in [5.41, 5.74) is 2.09. The Morgan fingerprint density at radius 2 is 1.71 bits per heavy atom. The predicted octanol–water partition coefficient (Wildman–Crippen LogP) is 1.46. The number of carbonyl (C=O) groups is 4. The van der Waals surface area contributed by atoms with Gasteiger partial charge < -0.3 is 10.1 Å². The van der Waals surface area contributed by atoms with Crippen LogP contribution in [0.1, 0.15) is 27.9 Å². The highest BCUT2D eigenvalue weighted by Gasteiger charge is 2.30. The number of amides is 3. The molecule has 0 bridgehead atoms. The number of nitrogens with zero attached hydrogens (tertiary/aromatic N) is 1. The topological polar surface area (TPSA) is 92.8 Å². The second-order valence-electron chi connectivity index (χ2n) is 6.36. The van der Waals surface area contributed by atoms with Crippen molar-refractivity contribution in [2.75, 3.05) is 13.2 Å². The highest BCUT2D eigenvalue weighted by molar-refractivity contribution is 6.09. The zero-order chi connectivity index (χ0) is 19.9. The van der Waals surface area contributed by atoms with Crippen molar-refractivity contribution in [3.8, 4) is 0 Å². The van der Waals surface area contributed by atoms with Gasteiger partial charge in [-0.15, -0.1) is 0 Å². The maximum Gasteiger partial charge on any atom is 0.308 e. The van der Waals surface area contributed by atoms with Gasteiger partial charge in [-0.25, -0.2) is 0 Å². The van der Waals surface area contributed by atoms with Gasteiger partial charge in [0, 0.05) is 18.7 Å². The van der Waals surface area contributed by atoms with Crippen molar-refractivity contribution in [2.24, 2.45) is 0 Å². The first-order valence-corrected chi connectivity index (χ1v) is 8.93. The monoisotopic (exact) mass is 380 g/mol. The molecule has 2 aromatic rings. The molecule has 1 aliphatic heterocycles. The van der Waals surface area contributed by atoms with E-state index in [2.05, 4.69) is 5.32 Å². The molecule has 0 fully saturated rings. The number of hydrogen-bond donors (Lipinski definition) is 1. The molecule has 1 heterocycles. The fourth-order valence-electron chi connectivity index (χ4n) is 2.90. The number of rotatable bonds is 7. The molecule has 144 valence electrons. The second kappa shape index (κ2) is 8.94. The third kappa shape index (κ3) is 4.82. The summed E-state index contributed by atoms with van der Waals surface area (Å²) < 4.78 is 4.92. The molecule has 0 saturated carbocycles. The Bertz CT molecular complexity index is 895. The van der Waals surface area contributed by atoms with E-state index in [1.807, 2.05) is 30.3 Å². The van der Waals surface area contributed by atoms with Crippen molar-refractivity contribution >= 4 is 23.7 Å². The highest BCUT2D eigenvalue weighted by atomic mass is 16.5. The molecule has 28 heavy (non-hydrogen) atoms. The van der Waals surface area contributed by atoms with E-state index < -0.39 is 24.4 Å². The molecule has 0 saturated heterocycles. The largest absolute Gasteiger partial charge is 0.456 e. The van der Waals surface area contributed by atoms with Crippen LogP contribution < -0.4 is 5.32 Å². The summed E-state index contributed by atoms with van der Waals surface area (Å²) in [7, 11) is 0. The summed E-state index contributed by atoms with van der Waals surface area (Å²) in [5, 5.41) is 2.65. The Morgan fingerprint density at radius 1 is 1.00 bits per heavy atom. The number of benzene rings is 2. The number of esters is 1. The zero-order valence-corrected chi connectivity index (χ0v) is 15.2. The standard InChI is InChI=1S/C21H20N2O5/c24-18(22-13-15-6-2-1-3-7-15)14-28-20(26)10-11-23-19(25)12-16-8-4-5-9-17(16)21(23)27/h1-9H,10-14H2,(H,22,24). The lowest BCUT2D eigenvalue weighted by atomic mass is 9.98. The zero-order valence-electron chi connectivity index (χ0n) is 15.2. The third-order valence-electron chi connectivity index (χ3n) is 4.37. The minimum atomic E-state index is -0.644. The van der Waals surface area contributed by atoms with Crippen molar-refractivity contribution < 1.29 is 23.9 Å². The number of hydrogen-bond acceptors (Lipinski definition) is 5. The molecule has 2 aromatic carbocycles. The SMILES string of the molecule is O=C(COC(=O)CCN1C(=O)Cc2ccccc2C1=O)NCc1ccccc1. The maximum atomic E-state index is 12.4. The quantitative estimate of drug-likeness (QED) is 0.580. The fraction of sp³-hybridized carbons (Fsp3) is 0.238. The first-order chi connectivity index (χ1) is 13.5. The molecule has 0 aromatic heterocycles. The van der Waals surface area contributed by atoms with Crippen LogP contribution in [0, 0.1) is 0 Å². The van der Waals surface area contributed by atoms with Crippen LogP contribution in [0.2, 0.25) is 0 Å². The van der Waals surface area contributed by atoms with Gasteiger partial charge in [0.25, 0.3) is 11.8 Å². The summed E-state index contributed by atoms with van der Waals surface area (Å²) in [4.78, 5) is 49.3. The van der Waals surface area contributed by atoms with Gasteiger partial charge in [0.05, 0.1) is 12.8 Å². The van der Waals surface area contributed by atoms with Gasteiger partial charge in [-0.1, -0.05) is 48.5 Å². The van der Waals surface area contributed by atoms with Crippen LogP contribution in [0.4, 0.5) is 0 Å². The molecule has 1 N–H and O–H groups in total. The number of imide groups is 1. The molecule has 0 atom stereocenters. The molecule has 0 unspecified atom stereocenters. The van der Waals surface area contributed by atoms with Crippen LogP contribution >= 0.6 is 0 Å². The van der Waals surface area contributed by atoms with E-state index in [0.29, 0.717) is 17.7 Å². The first-order valence-electron chi connectivity index (χ1n) is 8.93. The predicted molar refractivity (Wildman–Crippen MR) is 100 cm³/mol. The van der Waals surface area contributed by atoms with Gasteiger partial charge in [0.1, 0.15) is 0 Å². The summed E-state index contributed by atoms with van der Waals surface area (Å²) in [6, 6.07) is 16.3. The Balaban J connectivity index is 1.42. The van der Waals surface area contributed by atoms with E-state index >= 15 is 0 Å². The Morgan fingerprint density at radius 3 is 2.50 bits per heavy atom. The van der Waals surface area contributed by atoms with Crippen LogP contribution in [0.5, 0.6) is 0 Å².